The molecule has 1 atom stereocenters. The number of aromatic amines is 1. The first-order chi connectivity index (χ1) is 10.8. The topological polar surface area (TPSA) is 83.7 Å². The van der Waals surface area contributed by atoms with Crippen LogP contribution in [-0.4, -0.2) is 27.5 Å². The zero-order valence-corrected chi connectivity index (χ0v) is 12.8. The standard InChI is InChI=1S/C15H16N4O2S/c16-8-11-3-5-12(6-4-11)10-22-15-18-17-14(20)19(15)9-13-2-1-7-21-13/h3-6,13H,1-2,7,9-10H2,(H,17,20). The Hall–Kier alpha value is -2.04. The largest absolute Gasteiger partial charge is 0.376 e. The number of H-pyrrole nitrogens is 1. The number of nitrogens with one attached hydrogen (secondary N) is 1. The third kappa shape index (κ3) is 3.40. The van der Waals surface area contributed by atoms with Gasteiger partial charge in [-0.2, -0.15) is 5.26 Å². The van der Waals surface area contributed by atoms with E-state index in [4.69, 9.17) is 10.00 Å². The van der Waals surface area contributed by atoms with Gasteiger partial charge in [-0.05, 0) is 30.5 Å². The van der Waals surface area contributed by atoms with E-state index in [-0.39, 0.29) is 11.8 Å². The summed E-state index contributed by atoms with van der Waals surface area (Å²) >= 11 is 1.50. The maximum atomic E-state index is 11.9. The zero-order chi connectivity index (χ0) is 15.4. The molecule has 1 unspecified atom stereocenters. The lowest BCUT2D eigenvalue weighted by molar-refractivity contribution is 0.0941. The average Bonchev–Trinajstić information content (AvgIpc) is 3.18. The van der Waals surface area contributed by atoms with Gasteiger partial charge in [0.05, 0.1) is 24.3 Å². The molecule has 1 aliphatic heterocycles. The minimum atomic E-state index is -0.196. The molecule has 1 aliphatic rings. The van der Waals surface area contributed by atoms with E-state index in [2.05, 4.69) is 16.3 Å². The molecule has 0 bridgehead atoms. The van der Waals surface area contributed by atoms with E-state index in [0.717, 1.165) is 25.0 Å². The molecule has 0 radical (unpaired) electrons. The van der Waals surface area contributed by atoms with Crippen LogP contribution in [0.25, 0.3) is 0 Å². The molecule has 22 heavy (non-hydrogen) atoms. The van der Waals surface area contributed by atoms with E-state index in [9.17, 15) is 4.79 Å². The van der Waals surface area contributed by atoms with Crippen molar-refractivity contribution in [3.63, 3.8) is 0 Å². The highest BCUT2D eigenvalue weighted by molar-refractivity contribution is 7.98. The number of rotatable bonds is 5. The average molecular weight is 316 g/mol. The number of nitrogens with zero attached hydrogens (tertiary/aromatic N) is 3. The van der Waals surface area contributed by atoms with Gasteiger partial charge in [-0.3, -0.25) is 4.57 Å². The molecule has 0 aliphatic carbocycles. The maximum absolute atomic E-state index is 11.9. The molecule has 7 heteroatoms. The molecule has 6 nitrogen and oxygen atoms in total. The molecular weight excluding hydrogens is 300 g/mol. The van der Waals surface area contributed by atoms with E-state index in [0.29, 0.717) is 23.0 Å². The van der Waals surface area contributed by atoms with E-state index < -0.39 is 0 Å². The Bertz CT molecular complexity index is 723. The summed E-state index contributed by atoms with van der Waals surface area (Å²) in [5.74, 6) is 0.696. The fourth-order valence-electron chi connectivity index (χ4n) is 2.39. The first kappa shape index (κ1) is 14.9. The lowest BCUT2D eigenvalue weighted by Crippen LogP contribution is -2.24. The summed E-state index contributed by atoms with van der Waals surface area (Å²) in [6.07, 6.45) is 2.13. The third-order valence-electron chi connectivity index (χ3n) is 3.58. The van der Waals surface area contributed by atoms with Gasteiger partial charge in [0.2, 0.25) is 0 Å². The molecule has 0 spiro atoms. The molecule has 1 aromatic heterocycles. The van der Waals surface area contributed by atoms with Crippen LogP contribution < -0.4 is 5.69 Å². The van der Waals surface area contributed by atoms with Gasteiger partial charge in [0, 0.05) is 12.4 Å². The molecule has 114 valence electrons. The molecule has 2 heterocycles. The van der Waals surface area contributed by atoms with Crippen molar-refractivity contribution in [2.75, 3.05) is 6.61 Å². The summed E-state index contributed by atoms with van der Waals surface area (Å²) in [6.45, 7) is 1.32. The SMILES string of the molecule is N#Cc1ccc(CSc2n[nH]c(=O)n2CC2CCCO2)cc1. The number of aromatic nitrogens is 3. The smallest absolute Gasteiger partial charge is 0.344 e. The second kappa shape index (κ2) is 6.81. The Kier molecular flexibility index (Phi) is 4.61. The second-order valence-electron chi connectivity index (χ2n) is 5.15. The quantitative estimate of drug-likeness (QED) is 0.852. The molecule has 1 saturated heterocycles. The highest BCUT2D eigenvalue weighted by Gasteiger charge is 2.19. The van der Waals surface area contributed by atoms with Crippen molar-refractivity contribution < 1.29 is 4.74 Å². The molecule has 3 rings (SSSR count). The van der Waals surface area contributed by atoms with Crippen molar-refractivity contribution in [1.82, 2.24) is 14.8 Å². The Morgan fingerprint density at radius 3 is 2.95 bits per heavy atom. The van der Waals surface area contributed by atoms with Gasteiger partial charge in [-0.15, -0.1) is 5.10 Å². The summed E-state index contributed by atoms with van der Waals surface area (Å²) in [5.41, 5.74) is 1.53. The first-order valence-electron chi connectivity index (χ1n) is 7.15. The first-order valence-corrected chi connectivity index (χ1v) is 8.13. The number of nitriles is 1. The number of ether oxygens (including phenoxy) is 1. The van der Waals surface area contributed by atoms with E-state index >= 15 is 0 Å². The van der Waals surface area contributed by atoms with Gasteiger partial charge < -0.3 is 4.74 Å². The van der Waals surface area contributed by atoms with E-state index in [1.165, 1.54) is 11.8 Å². The molecular formula is C15H16N4O2S. The van der Waals surface area contributed by atoms with Gasteiger partial charge >= 0.3 is 5.69 Å². The fourth-order valence-corrected chi connectivity index (χ4v) is 3.30. The van der Waals surface area contributed by atoms with Crippen LogP contribution in [0.3, 0.4) is 0 Å². The van der Waals surface area contributed by atoms with Crippen LogP contribution in [0.2, 0.25) is 0 Å². The zero-order valence-electron chi connectivity index (χ0n) is 12.0. The summed E-state index contributed by atoms with van der Waals surface area (Å²) in [6, 6.07) is 9.52. The van der Waals surface area contributed by atoms with Gasteiger partial charge in [0.25, 0.3) is 0 Å². The predicted molar refractivity (Wildman–Crippen MR) is 82.5 cm³/mol. The highest BCUT2D eigenvalue weighted by Crippen LogP contribution is 2.21. The predicted octanol–water partition coefficient (Wildman–Crippen LogP) is 1.91. The van der Waals surface area contributed by atoms with Crippen LogP contribution in [0.15, 0.2) is 34.2 Å². The summed E-state index contributed by atoms with van der Waals surface area (Å²) < 4.78 is 7.23. The lowest BCUT2D eigenvalue weighted by atomic mass is 10.2. The fraction of sp³-hybridized carbons (Fsp3) is 0.400. The van der Waals surface area contributed by atoms with Crippen molar-refractivity contribution >= 4 is 11.8 Å². The lowest BCUT2D eigenvalue weighted by Gasteiger charge is -2.10. The minimum absolute atomic E-state index is 0.101. The highest BCUT2D eigenvalue weighted by atomic mass is 32.2. The van der Waals surface area contributed by atoms with Gasteiger partial charge in [0.15, 0.2) is 5.16 Å². The second-order valence-corrected chi connectivity index (χ2v) is 6.10. The number of thioether (sulfide) groups is 1. The van der Waals surface area contributed by atoms with Crippen molar-refractivity contribution in [1.29, 1.82) is 5.26 Å². The van der Waals surface area contributed by atoms with Gasteiger partial charge in [-0.25, -0.2) is 9.89 Å². The molecule has 1 N–H and O–H groups in total. The third-order valence-corrected chi connectivity index (χ3v) is 4.63. The Morgan fingerprint density at radius 2 is 2.27 bits per heavy atom. The Balaban J connectivity index is 1.67. The summed E-state index contributed by atoms with van der Waals surface area (Å²) in [4.78, 5) is 11.9. The molecule has 1 aromatic carbocycles. The summed E-state index contributed by atoms with van der Waals surface area (Å²) in [7, 11) is 0. The van der Waals surface area contributed by atoms with Crippen LogP contribution in [0.5, 0.6) is 0 Å². The number of benzene rings is 1. The summed E-state index contributed by atoms with van der Waals surface area (Å²) in [5, 5.41) is 16.1. The Morgan fingerprint density at radius 1 is 1.45 bits per heavy atom. The van der Waals surface area contributed by atoms with Crippen LogP contribution >= 0.6 is 11.8 Å². The molecule has 2 aromatic rings. The van der Waals surface area contributed by atoms with Crippen molar-refractivity contribution in [3.05, 3.63) is 45.9 Å². The minimum Gasteiger partial charge on any atom is -0.376 e. The van der Waals surface area contributed by atoms with Gasteiger partial charge in [0.1, 0.15) is 0 Å². The van der Waals surface area contributed by atoms with E-state index in [1.807, 2.05) is 12.1 Å². The number of hydrogen-bond donors (Lipinski definition) is 1. The van der Waals surface area contributed by atoms with Gasteiger partial charge in [-0.1, -0.05) is 23.9 Å². The van der Waals surface area contributed by atoms with Crippen LogP contribution in [0.4, 0.5) is 0 Å². The van der Waals surface area contributed by atoms with Crippen molar-refractivity contribution in [2.45, 2.75) is 36.4 Å². The van der Waals surface area contributed by atoms with Crippen molar-refractivity contribution in [3.8, 4) is 6.07 Å². The number of hydrogen-bond acceptors (Lipinski definition) is 5. The van der Waals surface area contributed by atoms with E-state index in [1.54, 1.807) is 16.7 Å². The maximum Gasteiger partial charge on any atom is 0.344 e. The Labute approximate surface area is 132 Å². The molecule has 0 saturated carbocycles. The van der Waals surface area contributed by atoms with Crippen LogP contribution in [-0.2, 0) is 17.0 Å². The molecule has 1 fully saturated rings. The molecule has 0 amide bonds. The van der Waals surface area contributed by atoms with Crippen LogP contribution in [0.1, 0.15) is 24.0 Å². The van der Waals surface area contributed by atoms with Crippen molar-refractivity contribution in [2.24, 2.45) is 0 Å². The van der Waals surface area contributed by atoms with Crippen LogP contribution in [0, 0.1) is 11.3 Å². The monoisotopic (exact) mass is 316 g/mol. The normalized spacial score (nSPS) is 17.5.